The number of hydrogen-bond donors (Lipinski definition) is 0. The Hall–Kier alpha value is -2.21. The first kappa shape index (κ1) is 17.1. The molecule has 0 heterocycles. The van der Waals surface area contributed by atoms with Crippen LogP contribution in [0.4, 0.5) is 5.69 Å². The molecule has 0 N–H and O–H groups in total. The second kappa shape index (κ2) is 6.91. The first-order chi connectivity index (χ1) is 11.0. The summed E-state index contributed by atoms with van der Waals surface area (Å²) in [7, 11) is -0.603. The van der Waals surface area contributed by atoms with E-state index >= 15 is 0 Å². The monoisotopic (exact) mass is 335 g/mol. The highest BCUT2D eigenvalue weighted by Gasteiger charge is 2.26. The molecule has 0 saturated carbocycles. The Bertz CT molecular complexity index is 787. The van der Waals surface area contributed by atoms with E-state index in [1.54, 1.807) is 56.5 Å². The summed E-state index contributed by atoms with van der Waals surface area (Å²) in [6.07, 6.45) is 0. The number of anilines is 1. The molecule has 0 aromatic heterocycles. The van der Waals surface area contributed by atoms with Gasteiger partial charge in [0.1, 0.15) is 11.5 Å². The fraction of sp³-hybridized carbons (Fsp3) is 0.294. The summed E-state index contributed by atoms with van der Waals surface area (Å²) in [5.41, 5.74) is 1.29. The van der Waals surface area contributed by atoms with Crippen LogP contribution in [0.25, 0.3) is 0 Å². The van der Waals surface area contributed by atoms with E-state index in [0.29, 0.717) is 23.7 Å². The van der Waals surface area contributed by atoms with Gasteiger partial charge in [-0.15, -0.1) is 0 Å². The zero-order valence-electron chi connectivity index (χ0n) is 13.7. The van der Waals surface area contributed by atoms with Crippen LogP contribution in [0, 0.1) is 6.92 Å². The van der Waals surface area contributed by atoms with Gasteiger partial charge in [0.15, 0.2) is 0 Å². The van der Waals surface area contributed by atoms with Crippen molar-refractivity contribution in [3.63, 3.8) is 0 Å². The van der Waals surface area contributed by atoms with Crippen LogP contribution >= 0.6 is 0 Å². The van der Waals surface area contributed by atoms with E-state index < -0.39 is 10.0 Å². The molecule has 0 spiro atoms. The smallest absolute Gasteiger partial charge is 0.264 e. The largest absolute Gasteiger partial charge is 0.496 e. The lowest BCUT2D eigenvalue weighted by molar-refractivity contribution is 0.411. The first-order valence-electron chi connectivity index (χ1n) is 7.26. The molecule has 0 aliphatic carbocycles. The molecule has 0 amide bonds. The van der Waals surface area contributed by atoms with Gasteiger partial charge < -0.3 is 9.47 Å². The summed E-state index contributed by atoms with van der Waals surface area (Å²) in [5.74, 6) is 1.17. The number of rotatable bonds is 6. The van der Waals surface area contributed by atoms with Crippen molar-refractivity contribution in [2.45, 2.75) is 18.7 Å². The third-order valence-corrected chi connectivity index (χ3v) is 5.48. The molecule has 124 valence electrons. The average molecular weight is 335 g/mol. The Morgan fingerprint density at radius 1 is 1.00 bits per heavy atom. The van der Waals surface area contributed by atoms with E-state index in [2.05, 4.69) is 0 Å². The molecule has 2 aromatic carbocycles. The third kappa shape index (κ3) is 3.27. The number of aryl methyl sites for hydroxylation is 1. The van der Waals surface area contributed by atoms with Crippen LogP contribution in [-0.4, -0.2) is 29.2 Å². The zero-order valence-corrected chi connectivity index (χ0v) is 14.6. The van der Waals surface area contributed by atoms with Gasteiger partial charge in [0.25, 0.3) is 10.0 Å². The van der Waals surface area contributed by atoms with Crippen LogP contribution in [0.5, 0.6) is 11.5 Å². The van der Waals surface area contributed by atoms with Gasteiger partial charge in [-0.1, -0.05) is 12.1 Å². The molecule has 23 heavy (non-hydrogen) atoms. The van der Waals surface area contributed by atoms with Crippen molar-refractivity contribution in [1.29, 1.82) is 0 Å². The minimum atomic E-state index is -3.69. The first-order valence-corrected chi connectivity index (χ1v) is 8.70. The minimum absolute atomic E-state index is 0.226. The van der Waals surface area contributed by atoms with Crippen molar-refractivity contribution in [3.8, 4) is 11.5 Å². The van der Waals surface area contributed by atoms with Crippen LogP contribution in [0.1, 0.15) is 12.5 Å². The maximum atomic E-state index is 13.0. The second-order valence-electron chi connectivity index (χ2n) is 4.97. The van der Waals surface area contributed by atoms with Crippen molar-refractivity contribution in [2.75, 3.05) is 25.1 Å². The number of para-hydroxylation sites is 2. The van der Waals surface area contributed by atoms with E-state index in [1.807, 2.05) is 6.92 Å². The number of methoxy groups -OCH3 is 2. The molecule has 0 fully saturated rings. The molecule has 6 heteroatoms. The lowest BCUT2D eigenvalue weighted by Crippen LogP contribution is -2.31. The van der Waals surface area contributed by atoms with Gasteiger partial charge in [0, 0.05) is 6.54 Å². The van der Waals surface area contributed by atoms with Crippen molar-refractivity contribution in [2.24, 2.45) is 0 Å². The summed E-state index contributed by atoms with van der Waals surface area (Å²) >= 11 is 0. The summed E-state index contributed by atoms with van der Waals surface area (Å²) in [5, 5.41) is 0. The maximum Gasteiger partial charge on any atom is 0.264 e. The number of sulfonamides is 1. The predicted octanol–water partition coefficient (Wildman–Crippen LogP) is 3.23. The molecule has 0 radical (unpaired) electrons. The normalized spacial score (nSPS) is 11.1. The summed E-state index contributed by atoms with van der Waals surface area (Å²) in [6, 6.07) is 11.9. The van der Waals surface area contributed by atoms with Crippen molar-refractivity contribution in [1.82, 2.24) is 0 Å². The van der Waals surface area contributed by atoms with Crippen LogP contribution in [-0.2, 0) is 10.0 Å². The Morgan fingerprint density at radius 3 is 2.22 bits per heavy atom. The molecule has 0 saturated heterocycles. The van der Waals surface area contributed by atoms with Crippen molar-refractivity contribution >= 4 is 15.7 Å². The van der Waals surface area contributed by atoms with Gasteiger partial charge in [-0.25, -0.2) is 8.42 Å². The lowest BCUT2D eigenvalue weighted by Gasteiger charge is -2.25. The fourth-order valence-electron chi connectivity index (χ4n) is 2.44. The molecule has 0 bridgehead atoms. The molecule has 0 unspecified atom stereocenters. The van der Waals surface area contributed by atoms with Gasteiger partial charge in [0.05, 0.1) is 24.8 Å². The SMILES string of the molecule is CCN(c1ccccc1OC)S(=O)(=O)c1ccc(OC)c(C)c1. The van der Waals surface area contributed by atoms with Crippen molar-refractivity contribution in [3.05, 3.63) is 48.0 Å². The number of hydrogen-bond acceptors (Lipinski definition) is 4. The molecule has 0 atom stereocenters. The van der Waals surface area contributed by atoms with E-state index in [0.717, 1.165) is 5.56 Å². The quantitative estimate of drug-likeness (QED) is 0.813. The zero-order chi connectivity index (χ0) is 17.0. The molecule has 2 aromatic rings. The Kier molecular flexibility index (Phi) is 5.15. The highest BCUT2D eigenvalue weighted by atomic mass is 32.2. The van der Waals surface area contributed by atoms with Crippen LogP contribution in [0.3, 0.4) is 0 Å². The summed E-state index contributed by atoms with van der Waals surface area (Å²) in [4.78, 5) is 0.226. The number of benzene rings is 2. The van der Waals surface area contributed by atoms with Crippen LogP contribution < -0.4 is 13.8 Å². The van der Waals surface area contributed by atoms with Gasteiger partial charge in [0.2, 0.25) is 0 Å². The van der Waals surface area contributed by atoms with Crippen LogP contribution in [0.15, 0.2) is 47.4 Å². The predicted molar refractivity (Wildman–Crippen MR) is 90.9 cm³/mol. The molecule has 5 nitrogen and oxygen atoms in total. The van der Waals surface area contributed by atoms with Gasteiger partial charge in [-0.2, -0.15) is 0 Å². The Morgan fingerprint density at radius 2 is 1.65 bits per heavy atom. The van der Waals surface area contributed by atoms with E-state index in [-0.39, 0.29) is 4.90 Å². The topological polar surface area (TPSA) is 55.8 Å². The number of ether oxygens (including phenoxy) is 2. The Labute approximate surface area is 137 Å². The lowest BCUT2D eigenvalue weighted by atomic mass is 10.2. The van der Waals surface area contributed by atoms with Gasteiger partial charge in [-0.3, -0.25) is 4.31 Å². The molecular formula is C17H21NO4S. The molecule has 0 aliphatic rings. The van der Waals surface area contributed by atoms with Gasteiger partial charge >= 0.3 is 0 Å². The molecule has 0 aliphatic heterocycles. The number of nitrogens with zero attached hydrogens (tertiary/aromatic N) is 1. The van der Waals surface area contributed by atoms with Crippen LogP contribution in [0.2, 0.25) is 0 Å². The average Bonchev–Trinajstić information content (AvgIpc) is 2.55. The minimum Gasteiger partial charge on any atom is -0.496 e. The molecular weight excluding hydrogens is 314 g/mol. The second-order valence-corrected chi connectivity index (χ2v) is 6.84. The van der Waals surface area contributed by atoms with Crippen molar-refractivity contribution < 1.29 is 17.9 Å². The summed E-state index contributed by atoms with van der Waals surface area (Å²) < 4.78 is 37.9. The van der Waals surface area contributed by atoms with Gasteiger partial charge in [-0.05, 0) is 49.7 Å². The highest BCUT2D eigenvalue weighted by molar-refractivity contribution is 7.92. The highest BCUT2D eigenvalue weighted by Crippen LogP contribution is 2.33. The maximum absolute atomic E-state index is 13.0. The van der Waals surface area contributed by atoms with E-state index in [9.17, 15) is 8.42 Å². The Balaban J connectivity index is 2.53. The van der Waals surface area contributed by atoms with E-state index in [1.165, 1.54) is 11.4 Å². The standard InChI is InChI=1S/C17H21NO4S/c1-5-18(15-8-6-7-9-17(15)22-4)23(19,20)14-10-11-16(21-3)13(2)12-14/h6-12H,5H2,1-4H3. The summed E-state index contributed by atoms with van der Waals surface area (Å²) in [6.45, 7) is 3.91. The third-order valence-electron chi connectivity index (χ3n) is 3.60. The fourth-order valence-corrected chi connectivity index (χ4v) is 4.01. The van der Waals surface area contributed by atoms with E-state index in [4.69, 9.17) is 9.47 Å². The molecule has 2 rings (SSSR count).